The molecule has 1 aliphatic rings. The highest BCUT2D eigenvalue weighted by molar-refractivity contribution is 8.18. The van der Waals surface area contributed by atoms with Crippen molar-refractivity contribution in [2.75, 3.05) is 7.05 Å². The van der Waals surface area contributed by atoms with E-state index in [4.69, 9.17) is 0 Å². The highest BCUT2D eigenvalue weighted by Gasteiger charge is 2.31. The first-order chi connectivity index (χ1) is 7.09. The number of hydrogen-bond acceptors (Lipinski definition) is 4. The summed E-state index contributed by atoms with van der Waals surface area (Å²) in [4.78, 5) is 25.5. The molecule has 1 saturated heterocycles. The van der Waals surface area contributed by atoms with E-state index in [0.29, 0.717) is 4.91 Å². The Morgan fingerprint density at radius 3 is 2.60 bits per heavy atom. The molecule has 0 radical (unpaired) electrons. The molecule has 0 aromatic carbocycles. The second-order valence-electron chi connectivity index (χ2n) is 3.21. The molecular weight excluding hydrogens is 230 g/mol. The zero-order valence-corrected chi connectivity index (χ0v) is 9.95. The van der Waals surface area contributed by atoms with Gasteiger partial charge in [0.1, 0.15) is 0 Å². The highest BCUT2D eigenvalue weighted by atomic mass is 32.2. The van der Waals surface area contributed by atoms with Gasteiger partial charge in [-0.25, -0.2) is 0 Å². The molecule has 1 fully saturated rings. The van der Waals surface area contributed by atoms with Crippen molar-refractivity contribution in [3.8, 4) is 0 Å². The Balaban J connectivity index is 2.34. The highest BCUT2D eigenvalue weighted by Crippen LogP contribution is 2.32. The lowest BCUT2D eigenvalue weighted by atomic mass is 10.3. The van der Waals surface area contributed by atoms with Crippen LogP contribution in [0, 0.1) is 6.92 Å². The maximum atomic E-state index is 11.6. The summed E-state index contributed by atoms with van der Waals surface area (Å²) in [5.41, 5.74) is 1.13. The van der Waals surface area contributed by atoms with Gasteiger partial charge >= 0.3 is 0 Å². The first kappa shape index (κ1) is 10.4. The summed E-state index contributed by atoms with van der Waals surface area (Å²) in [6.07, 6.45) is 1.79. The van der Waals surface area contributed by atoms with Gasteiger partial charge in [0.2, 0.25) is 0 Å². The monoisotopic (exact) mass is 239 g/mol. The van der Waals surface area contributed by atoms with Crippen LogP contribution in [0.15, 0.2) is 16.4 Å². The maximum absolute atomic E-state index is 11.6. The molecule has 0 spiro atoms. The van der Waals surface area contributed by atoms with Crippen molar-refractivity contribution in [3.05, 3.63) is 26.8 Å². The molecule has 78 valence electrons. The summed E-state index contributed by atoms with van der Waals surface area (Å²) in [6, 6.07) is 1.99. The van der Waals surface area contributed by atoms with Crippen LogP contribution in [0.2, 0.25) is 0 Å². The molecular formula is C10H9NO2S2. The Kier molecular flexibility index (Phi) is 2.67. The van der Waals surface area contributed by atoms with E-state index < -0.39 is 0 Å². The normalized spacial score (nSPS) is 19.3. The maximum Gasteiger partial charge on any atom is 0.293 e. The molecule has 0 unspecified atom stereocenters. The second-order valence-corrected chi connectivity index (χ2v) is 5.15. The fourth-order valence-corrected chi connectivity index (χ4v) is 2.94. The predicted molar refractivity (Wildman–Crippen MR) is 62.8 cm³/mol. The van der Waals surface area contributed by atoms with Crippen molar-refractivity contribution in [3.63, 3.8) is 0 Å². The molecule has 0 aliphatic carbocycles. The van der Waals surface area contributed by atoms with Crippen molar-refractivity contribution in [2.45, 2.75) is 6.92 Å². The van der Waals surface area contributed by atoms with Gasteiger partial charge in [-0.15, -0.1) is 11.3 Å². The van der Waals surface area contributed by atoms with Crippen LogP contribution < -0.4 is 0 Å². The lowest BCUT2D eigenvalue weighted by molar-refractivity contribution is -0.121. The van der Waals surface area contributed by atoms with Gasteiger partial charge in [0.15, 0.2) is 0 Å². The minimum atomic E-state index is -0.210. The van der Waals surface area contributed by atoms with Crippen LogP contribution >= 0.6 is 23.1 Å². The average Bonchev–Trinajstić information content (AvgIpc) is 2.69. The van der Waals surface area contributed by atoms with Crippen LogP contribution in [0.1, 0.15) is 10.4 Å². The molecule has 15 heavy (non-hydrogen) atoms. The van der Waals surface area contributed by atoms with Gasteiger partial charge < -0.3 is 0 Å². The molecule has 5 heteroatoms. The molecule has 2 rings (SSSR count). The van der Waals surface area contributed by atoms with Crippen LogP contribution in [-0.4, -0.2) is 23.1 Å². The summed E-state index contributed by atoms with van der Waals surface area (Å²) in [5.74, 6) is -0.210. The largest absolute Gasteiger partial charge is 0.293 e. The number of carbonyl (C=O) groups excluding carboxylic acids is 2. The smallest absolute Gasteiger partial charge is 0.272 e. The topological polar surface area (TPSA) is 37.4 Å². The molecule has 0 atom stereocenters. The Labute approximate surface area is 95.8 Å². The van der Waals surface area contributed by atoms with E-state index in [1.807, 2.05) is 18.4 Å². The number of imide groups is 1. The molecule has 3 nitrogen and oxygen atoms in total. The molecule has 0 saturated carbocycles. The Morgan fingerprint density at radius 2 is 2.13 bits per heavy atom. The molecule has 2 heterocycles. The van der Waals surface area contributed by atoms with E-state index in [0.717, 1.165) is 27.1 Å². The standard InChI is InChI=1S/C10H9NO2S2/c1-6-3-4-14-7(6)5-8-9(12)11(2)10(13)15-8/h3-5H,1-2H3/b8-5-. The third-order valence-electron chi connectivity index (χ3n) is 2.15. The van der Waals surface area contributed by atoms with E-state index in [2.05, 4.69) is 0 Å². The van der Waals surface area contributed by atoms with Crippen LogP contribution in [0.4, 0.5) is 4.79 Å². The number of thiophene rings is 1. The van der Waals surface area contributed by atoms with Crippen LogP contribution in [0.3, 0.4) is 0 Å². The zero-order chi connectivity index (χ0) is 11.0. The quantitative estimate of drug-likeness (QED) is 0.707. The van der Waals surface area contributed by atoms with Crippen LogP contribution in [0.5, 0.6) is 0 Å². The number of nitrogens with zero attached hydrogens (tertiary/aromatic N) is 1. The van der Waals surface area contributed by atoms with Crippen LogP contribution in [0.25, 0.3) is 6.08 Å². The Morgan fingerprint density at radius 1 is 1.40 bits per heavy atom. The van der Waals surface area contributed by atoms with E-state index in [9.17, 15) is 9.59 Å². The molecule has 1 aliphatic heterocycles. The molecule has 0 bridgehead atoms. The van der Waals surface area contributed by atoms with E-state index >= 15 is 0 Å². The second kappa shape index (κ2) is 3.83. The molecule has 2 amide bonds. The number of carbonyl (C=O) groups is 2. The number of rotatable bonds is 1. The Bertz CT molecular complexity index is 462. The van der Waals surface area contributed by atoms with Crippen molar-refractivity contribution < 1.29 is 9.59 Å². The average molecular weight is 239 g/mol. The third kappa shape index (κ3) is 1.85. The van der Waals surface area contributed by atoms with E-state index in [1.54, 1.807) is 17.4 Å². The summed E-state index contributed by atoms with van der Waals surface area (Å²) in [5, 5.41) is 1.76. The fraction of sp³-hybridized carbons (Fsp3) is 0.200. The van der Waals surface area contributed by atoms with Crippen molar-refractivity contribution in [1.82, 2.24) is 4.90 Å². The number of amides is 2. The zero-order valence-electron chi connectivity index (χ0n) is 8.31. The van der Waals surface area contributed by atoms with Crippen molar-refractivity contribution in [2.24, 2.45) is 0 Å². The predicted octanol–water partition coefficient (Wildman–Crippen LogP) is 2.72. The SMILES string of the molecule is Cc1ccsc1/C=C1\SC(=O)N(C)C1=O. The van der Waals surface area contributed by atoms with Crippen molar-refractivity contribution >= 4 is 40.3 Å². The fourth-order valence-electron chi connectivity index (χ4n) is 1.20. The van der Waals surface area contributed by atoms with Gasteiger partial charge in [0.05, 0.1) is 4.91 Å². The van der Waals surface area contributed by atoms with Gasteiger partial charge in [-0.3, -0.25) is 14.5 Å². The first-order valence-electron chi connectivity index (χ1n) is 4.35. The summed E-state index contributed by atoms with van der Waals surface area (Å²) < 4.78 is 0. The summed E-state index contributed by atoms with van der Waals surface area (Å²) >= 11 is 2.56. The molecule has 1 aromatic heterocycles. The van der Waals surface area contributed by atoms with Gasteiger partial charge in [-0.05, 0) is 41.8 Å². The van der Waals surface area contributed by atoms with Gasteiger partial charge in [0.25, 0.3) is 11.1 Å². The lowest BCUT2D eigenvalue weighted by Gasteiger charge is -2.00. The van der Waals surface area contributed by atoms with Gasteiger partial charge in [-0.1, -0.05) is 0 Å². The third-order valence-corrected chi connectivity index (χ3v) is 4.08. The van der Waals surface area contributed by atoms with Crippen LogP contribution in [-0.2, 0) is 4.79 Å². The molecule has 1 aromatic rings. The van der Waals surface area contributed by atoms with E-state index in [-0.39, 0.29) is 11.1 Å². The minimum absolute atomic E-state index is 0.208. The number of aryl methyl sites for hydroxylation is 1. The van der Waals surface area contributed by atoms with E-state index in [1.165, 1.54) is 7.05 Å². The van der Waals surface area contributed by atoms with Crippen molar-refractivity contribution in [1.29, 1.82) is 0 Å². The molecule has 0 N–H and O–H groups in total. The van der Waals surface area contributed by atoms with Gasteiger partial charge in [-0.2, -0.15) is 0 Å². The van der Waals surface area contributed by atoms with Gasteiger partial charge in [0, 0.05) is 11.9 Å². The minimum Gasteiger partial charge on any atom is -0.272 e. The Hall–Kier alpha value is -1.07. The number of hydrogen-bond donors (Lipinski definition) is 0. The summed E-state index contributed by atoms with van der Waals surface area (Å²) in [6.45, 7) is 1.98. The summed E-state index contributed by atoms with van der Waals surface area (Å²) in [7, 11) is 1.50. The number of likely N-dealkylation sites (N-methyl/N-ethyl adjacent to an activating group) is 1. The first-order valence-corrected chi connectivity index (χ1v) is 6.05. The number of thioether (sulfide) groups is 1. The lowest BCUT2D eigenvalue weighted by Crippen LogP contribution is -2.22.